The first-order valence-electron chi connectivity index (χ1n) is 11.0. The van der Waals surface area contributed by atoms with Crippen molar-refractivity contribution in [1.29, 1.82) is 0 Å². The van der Waals surface area contributed by atoms with Crippen molar-refractivity contribution >= 4 is 39.9 Å². The van der Waals surface area contributed by atoms with Crippen LogP contribution in [-0.4, -0.2) is 41.7 Å². The fourth-order valence-electron chi connectivity index (χ4n) is 5.66. The van der Waals surface area contributed by atoms with E-state index in [0.717, 1.165) is 35.7 Å². The summed E-state index contributed by atoms with van der Waals surface area (Å²) in [6.07, 6.45) is 8.17. The molecule has 4 heterocycles. The average Bonchev–Trinajstić information content (AvgIpc) is 3.17. The summed E-state index contributed by atoms with van der Waals surface area (Å²) in [5.41, 5.74) is 2.32. The summed E-state index contributed by atoms with van der Waals surface area (Å²) >= 11 is 6.17. The van der Waals surface area contributed by atoms with Crippen molar-refractivity contribution in [3.05, 3.63) is 41.8 Å². The van der Waals surface area contributed by atoms with E-state index in [1.807, 2.05) is 30.6 Å². The summed E-state index contributed by atoms with van der Waals surface area (Å²) in [6, 6.07) is 5.53. The van der Waals surface area contributed by atoms with Gasteiger partial charge in [0.25, 0.3) is 0 Å². The number of aromatic nitrogens is 5. The van der Waals surface area contributed by atoms with Crippen molar-refractivity contribution in [2.24, 2.45) is 23.7 Å². The van der Waals surface area contributed by atoms with Gasteiger partial charge in [-0.3, -0.25) is 4.79 Å². The van der Waals surface area contributed by atoms with Crippen LogP contribution in [0.3, 0.4) is 0 Å². The summed E-state index contributed by atoms with van der Waals surface area (Å²) < 4.78 is 1.78. The van der Waals surface area contributed by atoms with E-state index in [1.54, 1.807) is 10.7 Å². The van der Waals surface area contributed by atoms with Crippen LogP contribution in [0.2, 0.25) is 5.02 Å². The van der Waals surface area contributed by atoms with Crippen molar-refractivity contribution in [2.75, 3.05) is 5.32 Å². The molecular formula is C23H23ClN6O2. The first-order valence-corrected chi connectivity index (χ1v) is 11.4. The van der Waals surface area contributed by atoms with Crippen LogP contribution in [0.4, 0.5) is 5.82 Å². The third-order valence-electron chi connectivity index (χ3n) is 7.19. The van der Waals surface area contributed by atoms with Gasteiger partial charge in [0.15, 0.2) is 11.6 Å². The number of hydrogen-bond donors (Lipinski definition) is 3. The summed E-state index contributed by atoms with van der Waals surface area (Å²) in [7, 11) is 0. The van der Waals surface area contributed by atoms with E-state index >= 15 is 0 Å². The number of halogens is 1. The number of nitrogens with zero attached hydrogens (tertiary/aromatic N) is 4. The maximum atomic E-state index is 12.2. The minimum atomic E-state index is -0.724. The Morgan fingerprint density at radius 2 is 2.28 bits per heavy atom. The maximum Gasteiger partial charge on any atom is 0.308 e. The highest BCUT2D eigenvalue weighted by Gasteiger charge is 2.54. The molecule has 0 radical (unpaired) electrons. The second-order valence-corrected chi connectivity index (χ2v) is 9.39. The molecule has 3 N–H and O–H groups in total. The van der Waals surface area contributed by atoms with Crippen molar-refractivity contribution in [3.63, 3.8) is 0 Å². The van der Waals surface area contributed by atoms with Gasteiger partial charge < -0.3 is 15.4 Å². The summed E-state index contributed by atoms with van der Waals surface area (Å²) in [5.74, 6) is 1.39. The second kappa shape index (κ2) is 7.20. The molecule has 5 atom stereocenters. The first-order chi connectivity index (χ1) is 15.5. The standard InChI is InChI=1S/C23H23ClN6O2/c1-2-13-14-6-11(14)7-17(19(13)23(31)32)27-22-18-4-3-5-30(18)29-21(28-22)16-10-26-20-15(16)8-12(24)9-25-20/h3-5,8-11,13-14,17,19H,2,6-7H2,1H3,(H,25,26)(H,31,32)(H,27,28,29)/t11-,13+,14-,17+,19+/m1/s1. The Hall–Kier alpha value is -3.13. The zero-order chi connectivity index (χ0) is 22.0. The van der Waals surface area contributed by atoms with Crippen LogP contribution in [0.5, 0.6) is 0 Å². The Morgan fingerprint density at radius 1 is 1.41 bits per heavy atom. The molecule has 6 rings (SSSR count). The number of aromatic amines is 1. The number of hydrogen-bond acceptors (Lipinski definition) is 5. The second-order valence-electron chi connectivity index (χ2n) is 8.96. The Kier molecular flexibility index (Phi) is 4.40. The maximum absolute atomic E-state index is 12.2. The Balaban J connectivity index is 1.43. The van der Waals surface area contributed by atoms with Crippen LogP contribution < -0.4 is 5.32 Å². The lowest BCUT2D eigenvalue weighted by Crippen LogP contribution is -2.43. The molecule has 0 spiro atoms. The van der Waals surface area contributed by atoms with E-state index in [1.165, 1.54) is 0 Å². The van der Waals surface area contributed by atoms with Gasteiger partial charge in [0, 0.05) is 35.6 Å². The van der Waals surface area contributed by atoms with Gasteiger partial charge in [0.1, 0.15) is 11.2 Å². The molecule has 9 heteroatoms. The van der Waals surface area contributed by atoms with Gasteiger partial charge in [0.05, 0.1) is 10.9 Å². The van der Waals surface area contributed by atoms with E-state index < -0.39 is 11.9 Å². The number of fused-ring (bicyclic) bond motifs is 3. The molecule has 2 aliphatic carbocycles. The third kappa shape index (κ3) is 3.04. The van der Waals surface area contributed by atoms with E-state index in [2.05, 4.69) is 27.3 Å². The summed E-state index contributed by atoms with van der Waals surface area (Å²) in [5, 5.41) is 19.6. The molecule has 8 nitrogen and oxygen atoms in total. The van der Waals surface area contributed by atoms with Gasteiger partial charge in [-0.1, -0.05) is 24.9 Å². The predicted octanol–water partition coefficient (Wildman–Crippen LogP) is 4.47. The third-order valence-corrected chi connectivity index (χ3v) is 7.39. The minimum Gasteiger partial charge on any atom is -0.481 e. The highest BCUT2D eigenvalue weighted by molar-refractivity contribution is 6.31. The van der Waals surface area contributed by atoms with Gasteiger partial charge in [-0.2, -0.15) is 0 Å². The van der Waals surface area contributed by atoms with Crippen molar-refractivity contribution in [1.82, 2.24) is 24.6 Å². The normalized spacial score (nSPS) is 26.9. The van der Waals surface area contributed by atoms with Gasteiger partial charge in [-0.15, -0.1) is 5.10 Å². The lowest BCUT2D eigenvalue weighted by molar-refractivity contribution is -0.145. The fraction of sp³-hybridized carbons (Fsp3) is 0.391. The number of pyridine rings is 1. The van der Waals surface area contributed by atoms with Crippen LogP contribution in [0.15, 0.2) is 36.8 Å². The molecule has 2 fully saturated rings. The lowest BCUT2D eigenvalue weighted by Gasteiger charge is -2.35. The number of rotatable bonds is 5. The topological polar surface area (TPSA) is 108 Å². The first kappa shape index (κ1) is 19.5. The highest BCUT2D eigenvalue weighted by Crippen LogP contribution is 2.56. The molecule has 2 aliphatic rings. The van der Waals surface area contributed by atoms with Crippen LogP contribution in [0, 0.1) is 23.7 Å². The molecule has 4 aromatic heterocycles. The smallest absolute Gasteiger partial charge is 0.308 e. The number of H-pyrrole nitrogens is 1. The predicted molar refractivity (Wildman–Crippen MR) is 122 cm³/mol. The van der Waals surface area contributed by atoms with E-state index in [9.17, 15) is 9.90 Å². The van der Waals surface area contributed by atoms with Crippen LogP contribution >= 0.6 is 11.6 Å². The molecule has 0 aliphatic heterocycles. The summed E-state index contributed by atoms with van der Waals surface area (Å²) in [4.78, 5) is 24.5. The summed E-state index contributed by atoms with van der Waals surface area (Å²) in [6.45, 7) is 2.10. The van der Waals surface area contributed by atoms with Crippen molar-refractivity contribution < 1.29 is 9.90 Å². The van der Waals surface area contributed by atoms with Crippen molar-refractivity contribution in [3.8, 4) is 11.4 Å². The molecule has 0 amide bonds. The van der Waals surface area contributed by atoms with Gasteiger partial charge >= 0.3 is 5.97 Å². The molecule has 32 heavy (non-hydrogen) atoms. The zero-order valence-electron chi connectivity index (χ0n) is 17.5. The zero-order valence-corrected chi connectivity index (χ0v) is 18.3. The van der Waals surface area contributed by atoms with Gasteiger partial charge in [0.2, 0.25) is 0 Å². The average molecular weight is 451 g/mol. The number of carboxylic acid groups (broad SMARTS) is 1. The Morgan fingerprint density at radius 3 is 3.09 bits per heavy atom. The highest BCUT2D eigenvalue weighted by atomic mass is 35.5. The van der Waals surface area contributed by atoms with Crippen LogP contribution in [-0.2, 0) is 4.79 Å². The molecule has 0 bridgehead atoms. The lowest BCUT2D eigenvalue weighted by atomic mass is 9.74. The van der Waals surface area contributed by atoms with E-state index in [0.29, 0.717) is 34.1 Å². The van der Waals surface area contributed by atoms with Gasteiger partial charge in [-0.05, 0) is 48.8 Å². The van der Waals surface area contributed by atoms with Gasteiger partial charge in [-0.25, -0.2) is 14.5 Å². The number of anilines is 1. The SMILES string of the molecule is CC[C@H]1[C@@H]2C[C@@H]2C[C@H](Nc2nc(-c3c[nH]c4ncc(Cl)cc34)nn3cccc23)[C@H]1C(=O)O. The van der Waals surface area contributed by atoms with Crippen LogP contribution in [0.25, 0.3) is 27.9 Å². The monoisotopic (exact) mass is 450 g/mol. The fourth-order valence-corrected chi connectivity index (χ4v) is 5.82. The number of carbonyl (C=O) groups is 1. The quantitative estimate of drug-likeness (QED) is 0.414. The van der Waals surface area contributed by atoms with Crippen molar-refractivity contribution in [2.45, 2.75) is 32.2 Å². The molecule has 0 saturated heterocycles. The van der Waals surface area contributed by atoms with E-state index in [4.69, 9.17) is 16.6 Å². The number of carboxylic acids is 1. The molecule has 4 aromatic rings. The molecule has 0 aromatic carbocycles. The number of nitrogens with one attached hydrogen (secondary N) is 2. The minimum absolute atomic E-state index is 0.165. The molecule has 164 valence electrons. The Labute approximate surface area is 189 Å². The molecule has 0 unspecified atom stereocenters. The van der Waals surface area contributed by atoms with Crippen LogP contribution in [0.1, 0.15) is 26.2 Å². The molecule has 2 saturated carbocycles. The Bertz CT molecular complexity index is 1350. The number of aliphatic carboxylic acids is 1. The largest absolute Gasteiger partial charge is 0.481 e. The van der Waals surface area contributed by atoms with E-state index in [-0.39, 0.29) is 12.0 Å². The molecular weight excluding hydrogens is 428 g/mol.